The molecule has 10 aromatic rings. The fourth-order valence-corrected chi connectivity index (χ4v) is 7.72. The number of rotatable bonds is 5. The lowest BCUT2D eigenvalue weighted by atomic mass is 9.66. The van der Waals surface area contributed by atoms with Crippen LogP contribution in [0.25, 0.3) is 54.9 Å². The smallest absolute Gasteiger partial charge is 0.187 e. The van der Waals surface area contributed by atoms with Crippen LogP contribution in [0, 0.1) is 0 Å². The van der Waals surface area contributed by atoms with E-state index in [4.69, 9.17) is 9.97 Å². The maximum absolute atomic E-state index is 5.37. The summed E-state index contributed by atoms with van der Waals surface area (Å²) in [5.74, 6) is 0.857. The quantitative estimate of drug-likeness (QED) is 0.141. The highest BCUT2D eigenvalue weighted by atomic mass is 15.5. The first kappa shape index (κ1) is 27.4. The average molecular weight is 630 g/mol. The lowest BCUT2D eigenvalue weighted by Crippen LogP contribution is -2.32. The minimum atomic E-state index is -0.799. The number of nitrogens with zero attached hydrogens (tertiary/aromatic N) is 7. The molecule has 7 nitrogen and oxygen atoms in total. The summed E-state index contributed by atoms with van der Waals surface area (Å²) >= 11 is 0. The summed E-state index contributed by atoms with van der Waals surface area (Å²) in [5, 5.41) is 18.4. The van der Waals surface area contributed by atoms with E-state index in [0.29, 0.717) is 5.65 Å². The van der Waals surface area contributed by atoms with E-state index in [-0.39, 0.29) is 0 Å². The second kappa shape index (κ2) is 10.7. The van der Waals surface area contributed by atoms with Crippen molar-refractivity contribution in [3.63, 3.8) is 0 Å². The highest BCUT2D eigenvalue weighted by molar-refractivity contribution is 6.12. The Bertz CT molecular complexity index is 2780. The topological polar surface area (TPSA) is 73.8 Å². The molecule has 49 heavy (non-hydrogen) atoms. The van der Waals surface area contributed by atoms with Crippen LogP contribution in [0.2, 0.25) is 0 Å². The molecule has 5 aromatic carbocycles. The van der Waals surface area contributed by atoms with Crippen molar-refractivity contribution in [2.24, 2.45) is 0 Å². The van der Waals surface area contributed by atoms with Gasteiger partial charge in [-0.25, -0.2) is 4.98 Å². The Hall–Kier alpha value is -6.73. The molecule has 10 rings (SSSR count). The van der Waals surface area contributed by atoms with Crippen LogP contribution in [0.5, 0.6) is 0 Å². The first-order chi connectivity index (χ1) is 24.3. The molecule has 230 valence electrons. The van der Waals surface area contributed by atoms with Crippen molar-refractivity contribution in [2.75, 3.05) is 0 Å². The second-order valence-corrected chi connectivity index (χ2v) is 12.3. The number of hydrogen-bond donors (Lipinski definition) is 0. The van der Waals surface area contributed by atoms with Gasteiger partial charge in [-0.05, 0) is 68.9 Å². The van der Waals surface area contributed by atoms with Gasteiger partial charge < -0.3 is 0 Å². The van der Waals surface area contributed by atoms with Crippen molar-refractivity contribution in [3.8, 4) is 5.82 Å². The van der Waals surface area contributed by atoms with Crippen LogP contribution in [-0.4, -0.2) is 34.6 Å². The maximum atomic E-state index is 5.37. The van der Waals surface area contributed by atoms with Crippen LogP contribution < -0.4 is 0 Å². The van der Waals surface area contributed by atoms with Gasteiger partial charge in [0.25, 0.3) is 0 Å². The largest absolute Gasteiger partial charge is 0.294 e. The summed E-state index contributed by atoms with van der Waals surface area (Å²) in [6, 6.07) is 53.1. The van der Waals surface area contributed by atoms with Crippen LogP contribution in [0.4, 0.5) is 0 Å². The van der Waals surface area contributed by atoms with E-state index in [1.807, 2.05) is 35.1 Å². The molecule has 0 radical (unpaired) electrons. The minimum Gasteiger partial charge on any atom is -0.294 e. The molecule has 5 heterocycles. The molecule has 0 saturated heterocycles. The Labute approximate surface area is 280 Å². The molecule has 5 aromatic heterocycles. The van der Waals surface area contributed by atoms with Gasteiger partial charge in [0.05, 0.1) is 27.7 Å². The monoisotopic (exact) mass is 629 g/mol. The van der Waals surface area contributed by atoms with E-state index >= 15 is 0 Å². The fraction of sp³-hybridized carbons (Fsp3) is 0.0238. The summed E-state index contributed by atoms with van der Waals surface area (Å²) in [5.41, 5.74) is 7.16. The van der Waals surface area contributed by atoms with Crippen molar-refractivity contribution in [1.82, 2.24) is 34.6 Å². The molecular formula is C42H27N7. The molecule has 0 spiro atoms. The predicted molar refractivity (Wildman–Crippen MR) is 194 cm³/mol. The molecule has 0 aliphatic rings. The van der Waals surface area contributed by atoms with Crippen molar-refractivity contribution < 1.29 is 0 Å². The van der Waals surface area contributed by atoms with E-state index < -0.39 is 5.41 Å². The first-order valence-corrected chi connectivity index (χ1v) is 16.3. The second-order valence-electron chi connectivity index (χ2n) is 12.3. The van der Waals surface area contributed by atoms with Crippen molar-refractivity contribution in [3.05, 3.63) is 186 Å². The van der Waals surface area contributed by atoms with E-state index in [1.54, 1.807) is 0 Å². The van der Waals surface area contributed by atoms with Crippen LogP contribution in [0.3, 0.4) is 0 Å². The average Bonchev–Trinajstić information content (AvgIpc) is 3.80. The first-order valence-electron chi connectivity index (χ1n) is 16.3. The number of aromatic nitrogens is 7. The summed E-state index contributed by atoms with van der Waals surface area (Å²) < 4.78 is 4.08. The van der Waals surface area contributed by atoms with Crippen LogP contribution in [0.1, 0.15) is 22.4 Å². The molecule has 0 atom stereocenters. The lowest BCUT2D eigenvalue weighted by molar-refractivity contribution is 0.717. The third-order valence-corrected chi connectivity index (χ3v) is 9.82. The number of tetrazole rings is 1. The van der Waals surface area contributed by atoms with Gasteiger partial charge in [-0.2, -0.15) is 4.52 Å². The number of pyridine rings is 3. The van der Waals surface area contributed by atoms with Gasteiger partial charge in [0, 0.05) is 33.9 Å². The van der Waals surface area contributed by atoms with Crippen LogP contribution in [-0.2, 0) is 5.41 Å². The van der Waals surface area contributed by atoms with Crippen molar-refractivity contribution in [1.29, 1.82) is 0 Å². The highest BCUT2D eigenvalue weighted by Crippen LogP contribution is 2.47. The highest BCUT2D eigenvalue weighted by Gasteiger charge is 2.40. The van der Waals surface area contributed by atoms with E-state index in [0.717, 1.165) is 71.7 Å². The molecule has 0 fully saturated rings. The zero-order valence-electron chi connectivity index (χ0n) is 26.2. The molecule has 0 unspecified atom stereocenters. The van der Waals surface area contributed by atoms with Gasteiger partial charge in [-0.3, -0.25) is 9.55 Å². The van der Waals surface area contributed by atoms with Gasteiger partial charge in [0.1, 0.15) is 5.82 Å². The summed E-state index contributed by atoms with van der Waals surface area (Å²) in [7, 11) is 0. The summed E-state index contributed by atoms with van der Waals surface area (Å²) in [6.07, 6.45) is 3.87. The standard InChI is InChI=1S/C42H27N7/c1-3-13-28(14-4-1)42(29-15-5-2-6-16-29,30-22-23-31-32-17-8-10-20-37(32)49-41(34(31)25-30)45-46-47-49)39-26-38-35(27-44-39)33-18-7-9-19-36(33)48(38)40-21-11-12-24-43-40/h1-27H. The summed E-state index contributed by atoms with van der Waals surface area (Å²) in [6.45, 7) is 0. The van der Waals surface area contributed by atoms with Crippen molar-refractivity contribution in [2.45, 2.75) is 5.41 Å². The summed E-state index contributed by atoms with van der Waals surface area (Å²) in [4.78, 5) is 10.2. The van der Waals surface area contributed by atoms with Gasteiger partial charge in [0.15, 0.2) is 5.65 Å². The minimum absolute atomic E-state index is 0.712. The predicted octanol–water partition coefficient (Wildman–Crippen LogP) is 8.70. The van der Waals surface area contributed by atoms with Crippen LogP contribution >= 0.6 is 0 Å². The van der Waals surface area contributed by atoms with E-state index in [9.17, 15) is 0 Å². The van der Waals surface area contributed by atoms with Gasteiger partial charge >= 0.3 is 0 Å². The third-order valence-electron chi connectivity index (χ3n) is 9.82. The molecule has 0 N–H and O–H groups in total. The normalized spacial score (nSPS) is 12.1. The number of para-hydroxylation sites is 2. The fourth-order valence-electron chi connectivity index (χ4n) is 7.72. The molecule has 7 heteroatoms. The number of fused-ring (bicyclic) bond motifs is 9. The molecule has 0 saturated carbocycles. The Morgan fingerprint density at radius 1 is 0.469 bits per heavy atom. The zero-order chi connectivity index (χ0) is 32.4. The van der Waals surface area contributed by atoms with Gasteiger partial charge in [0.2, 0.25) is 0 Å². The number of benzene rings is 5. The van der Waals surface area contributed by atoms with Crippen LogP contribution in [0.15, 0.2) is 164 Å². The number of hydrogen-bond acceptors (Lipinski definition) is 5. The van der Waals surface area contributed by atoms with Gasteiger partial charge in [-0.15, -0.1) is 5.10 Å². The van der Waals surface area contributed by atoms with E-state index in [2.05, 4.69) is 154 Å². The third kappa shape index (κ3) is 3.93. The molecular weight excluding hydrogens is 603 g/mol. The van der Waals surface area contributed by atoms with E-state index in [1.165, 1.54) is 0 Å². The van der Waals surface area contributed by atoms with Crippen molar-refractivity contribution >= 4 is 49.1 Å². The molecule has 0 bridgehead atoms. The Morgan fingerprint density at radius 2 is 1.14 bits per heavy atom. The molecule has 0 amide bonds. The Morgan fingerprint density at radius 3 is 1.88 bits per heavy atom. The molecule has 0 aliphatic heterocycles. The lowest BCUT2D eigenvalue weighted by Gasteiger charge is -2.36. The Balaban J connectivity index is 1.36. The zero-order valence-corrected chi connectivity index (χ0v) is 26.2. The van der Waals surface area contributed by atoms with Gasteiger partial charge in [-0.1, -0.05) is 115 Å². The maximum Gasteiger partial charge on any atom is 0.187 e. The Kier molecular flexibility index (Phi) is 5.95. The SMILES string of the molecule is c1ccc(C(c2ccccc2)(c2ccc3c4ccccc4n4nnnc4c3c2)c2cc3c(cn2)c2ccccc2n3-c2ccccn2)cc1. The molecule has 0 aliphatic carbocycles.